The Labute approximate surface area is 294 Å². The van der Waals surface area contributed by atoms with Crippen LogP contribution in [-0.4, -0.2) is 23.2 Å². The molecule has 7 rings (SSSR count). The third kappa shape index (κ3) is 7.26. The molecule has 5 heteroatoms. The van der Waals surface area contributed by atoms with Gasteiger partial charge in [-0.3, -0.25) is 0 Å². The van der Waals surface area contributed by atoms with Crippen LogP contribution in [0.2, 0.25) is 17.3 Å². The molecule has 0 unspecified atom stereocenters. The SMILES string of the molecule is [2H]C([2H])([2H])c1cnc(-c2[c-]ccc3c2oc2cc(-c4ccccc4)ccc23)cc1C([2H])(C)C.[CH3][Ge]([CH3])([CH3])[c]1ccc(-c2[c-]cccc2)nc1.[Ir]. The van der Waals surface area contributed by atoms with Crippen LogP contribution in [0.4, 0.5) is 0 Å². The Morgan fingerprint density at radius 3 is 2.22 bits per heavy atom. The minimum Gasteiger partial charge on any atom is 0 e. The first-order chi connectivity index (χ1) is 23.2. The predicted octanol–water partition coefficient (Wildman–Crippen LogP) is 10.6. The van der Waals surface area contributed by atoms with E-state index in [9.17, 15) is 0 Å². The Hall–Kier alpha value is -3.83. The van der Waals surface area contributed by atoms with Crippen molar-refractivity contribution in [3.63, 3.8) is 0 Å². The number of fused-ring (bicyclic) bond motifs is 3. The monoisotopic (exact) mass is 845 g/mol. The second-order valence-corrected chi connectivity index (χ2v) is 23.0. The number of hydrogen-bond acceptors (Lipinski definition) is 3. The topological polar surface area (TPSA) is 38.9 Å². The molecule has 0 aliphatic carbocycles. The van der Waals surface area contributed by atoms with Crippen molar-refractivity contribution < 1.29 is 30.0 Å². The number of nitrogens with zero attached hydrogens (tertiary/aromatic N) is 2. The second kappa shape index (κ2) is 14.3. The average molecular weight is 844 g/mol. The molecule has 1 radical (unpaired) electrons. The fraction of sp³-hybridized carbons (Fsp3) is 0.171. The van der Waals surface area contributed by atoms with Gasteiger partial charge in [0.05, 0.1) is 5.58 Å². The largest absolute Gasteiger partial charge is 0 e. The molecule has 0 amide bonds. The van der Waals surface area contributed by atoms with Crippen molar-refractivity contribution in [2.75, 3.05) is 0 Å². The summed E-state index contributed by atoms with van der Waals surface area (Å²) in [5.74, 6) is 6.04. The van der Waals surface area contributed by atoms with E-state index < -0.39 is 26.0 Å². The van der Waals surface area contributed by atoms with Crippen LogP contribution in [-0.2, 0) is 20.1 Å². The normalized spacial score (nSPS) is 13.1. The molecule has 0 N–H and O–H groups in total. The van der Waals surface area contributed by atoms with E-state index in [1.807, 2.05) is 66.9 Å². The first kappa shape index (κ1) is 28.4. The third-order valence-electron chi connectivity index (χ3n) is 7.85. The Morgan fingerprint density at radius 2 is 1.54 bits per heavy atom. The molecule has 0 aliphatic heterocycles. The fourth-order valence-corrected chi connectivity index (χ4v) is 7.47. The van der Waals surface area contributed by atoms with Crippen molar-refractivity contribution in [2.24, 2.45) is 0 Å². The van der Waals surface area contributed by atoms with Crippen LogP contribution in [0.5, 0.6) is 0 Å². The third-order valence-corrected chi connectivity index (χ3v) is 12.1. The Balaban J connectivity index is 0.000000241. The molecule has 233 valence electrons. The van der Waals surface area contributed by atoms with E-state index in [4.69, 9.17) is 9.90 Å². The predicted molar refractivity (Wildman–Crippen MR) is 192 cm³/mol. The molecule has 0 aliphatic rings. The molecule has 0 saturated carbocycles. The summed E-state index contributed by atoms with van der Waals surface area (Å²) >= 11 is -1.72. The minimum absolute atomic E-state index is 0. The van der Waals surface area contributed by atoms with Gasteiger partial charge in [-0.25, -0.2) is 0 Å². The summed E-state index contributed by atoms with van der Waals surface area (Å²) < 4.78 is 39.8. The van der Waals surface area contributed by atoms with E-state index in [0.717, 1.165) is 38.7 Å². The summed E-state index contributed by atoms with van der Waals surface area (Å²) in [5, 5.41) is 1.92. The number of hydrogen-bond donors (Lipinski definition) is 0. The molecular formula is C41H38GeIrN2O-2. The molecule has 4 aromatic carbocycles. The molecule has 3 heterocycles. The van der Waals surface area contributed by atoms with Crippen molar-refractivity contribution in [1.29, 1.82) is 0 Å². The number of rotatable bonds is 5. The molecule has 0 fully saturated rings. The number of pyridine rings is 2. The first-order valence-electron chi connectivity index (χ1n) is 17.1. The Kier molecular flexibility index (Phi) is 8.83. The first-order valence-corrected chi connectivity index (χ1v) is 22.4. The quantitative estimate of drug-likeness (QED) is 0.128. The van der Waals surface area contributed by atoms with Gasteiger partial charge in [-0.15, -0.1) is 18.2 Å². The molecule has 0 bridgehead atoms. The minimum atomic E-state index is -2.35. The zero-order chi connectivity index (χ0) is 35.0. The Bertz CT molecular complexity index is 2220. The van der Waals surface area contributed by atoms with E-state index in [-0.39, 0.29) is 25.7 Å². The van der Waals surface area contributed by atoms with Gasteiger partial charge in [0.15, 0.2) is 0 Å². The maximum Gasteiger partial charge on any atom is 0 e. The summed E-state index contributed by atoms with van der Waals surface area (Å²) in [7, 11) is 0. The van der Waals surface area contributed by atoms with Gasteiger partial charge >= 0.3 is 99.8 Å². The smallest absolute Gasteiger partial charge is 0 e. The molecule has 3 nitrogen and oxygen atoms in total. The standard InChI is InChI=1S/C27H22NO.C14H16GeN.Ir/c1-17(2)24-15-25(28-16-18(24)3)23-11-7-10-22-21-13-12-20(14-26(21)29-27(22)23)19-8-5-4-6-9-19;1-15(2,3)13-9-10-14(16-11-13)12-7-5-4-6-8-12;/h4-10,12-17H,1-3H3;4-7,9-11H,1-3H3;/q2*-1;/i3D3,17D;;. The van der Waals surface area contributed by atoms with Gasteiger partial charge < -0.3 is 9.40 Å². The summed E-state index contributed by atoms with van der Waals surface area (Å²) in [6.45, 7) is 1.01. The van der Waals surface area contributed by atoms with E-state index in [1.165, 1.54) is 10.6 Å². The number of furan rings is 1. The van der Waals surface area contributed by atoms with Crippen molar-refractivity contribution in [3.05, 3.63) is 139 Å². The van der Waals surface area contributed by atoms with E-state index in [2.05, 4.69) is 75.8 Å². The van der Waals surface area contributed by atoms with Crippen LogP contribution in [0, 0.1) is 19.0 Å². The van der Waals surface area contributed by atoms with E-state index in [0.29, 0.717) is 22.4 Å². The van der Waals surface area contributed by atoms with Gasteiger partial charge in [0.2, 0.25) is 0 Å². The van der Waals surface area contributed by atoms with Crippen LogP contribution in [0.3, 0.4) is 0 Å². The number of aromatic nitrogens is 2. The van der Waals surface area contributed by atoms with Crippen LogP contribution in [0.15, 0.2) is 120 Å². The van der Waals surface area contributed by atoms with E-state index >= 15 is 0 Å². The van der Waals surface area contributed by atoms with Gasteiger partial charge in [-0.1, -0.05) is 73.3 Å². The number of aryl methyl sites for hydroxylation is 1. The molecule has 0 atom stereocenters. The summed E-state index contributed by atoms with van der Waals surface area (Å²) in [6, 6.07) is 40.4. The molecule has 0 spiro atoms. The maximum atomic E-state index is 8.50. The van der Waals surface area contributed by atoms with Crippen LogP contribution in [0.1, 0.15) is 36.4 Å². The molecule has 46 heavy (non-hydrogen) atoms. The van der Waals surface area contributed by atoms with Crippen molar-refractivity contribution in [3.8, 4) is 33.6 Å². The molecule has 7 aromatic rings. The van der Waals surface area contributed by atoms with Crippen molar-refractivity contribution in [2.45, 2.75) is 43.9 Å². The van der Waals surface area contributed by atoms with Crippen LogP contribution >= 0.6 is 0 Å². The maximum absolute atomic E-state index is 8.50. The summed E-state index contributed by atoms with van der Waals surface area (Å²) in [4.78, 5) is 8.97. The molecule has 3 aromatic heterocycles. The fourth-order valence-electron chi connectivity index (χ4n) is 5.30. The van der Waals surface area contributed by atoms with Gasteiger partial charge in [0.25, 0.3) is 0 Å². The van der Waals surface area contributed by atoms with Crippen molar-refractivity contribution in [1.82, 2.24) is 9.97 Å². The van der Waals surface area contributed by atoms with Gasteiger partial charge in [0.1, 0.15) is 5.58 Å². The second-order valence-electron chi connectivity index (χ2n) is 12.3. The van der Waals surface area contributed by atoms with Gasteiger partial charge in [-0.2, -0.15) is 0 Å². The summed E-state index contributed by atoms with van der Waals surface area (Å²) in [6.07, 6.45) is 3.40. The van der Waals surface area contributed by atoms with Crippen LogP contribution < -0.4 is 4.40 Å². The molecular weight excluding hydrogens is 801 g/mol. The average Bonchev–Trinajstić information content (AvgIpc) is 3.46. The molecule has 0 saturated heterocycles. The zero-order valence-corrected chi connectivity index (χ0v) is 31.1. The van der Waals surface area contributed by atoms with Crippen LogP contribution in [0.25, 0.3) is 55.6 Å². The Morgan fingerprint density at radius 1 is 0.761 bits per heavy atom. The van der Waals surface area contributed by atoms with E-state index in [1.54, 1.807) is 19.9 Å². The van der Waals surface area contributed by atoms with Crippen molar-refractivity contribution >= 4 is 39.6 Å². The van der Waals surface area contributed by atoms with Gasteiger partial charge in [-0.05, 0) is 46.8 Å². The number of benzene rings is 4. The van der Waals surface area contributed by atoms with Gasteiger partial charge in [0, 0.05) is 37.2 Å². The summed E-state index contributed by atoms with van der Waals surface area (Å²) in [5.41, 5.74) is 7.33. The zero-order valence-electron chi connectivity index (χ0n) is 30.6.